The van der Waals surface area contributed by atoms with Gasteiger partial charge in [0.25, 0.3) is 0 Å². The topological polar surface area (TPSA) is 52.6 Å². The molecule has 0 amide bonds. The smallest absolute Gasteiger partial charge is 0.337 e. The van der Waals surface area contributed by atoms with Crippen molar-refractivity contribution in [3.05, 3.63) is 65.2 Å². The minimum atomic E-state index is -0.387. The Morgan fingerprint density at radius 1 is 1.22 bits per heavy atom. The van der Waals surface area contributed by atoms with Gasteiger partial charge in [0.05, 0.1) is 12.7 Å². The largest absolute Gasteiger partial charge is 0.486 e. The molecule has 0 N–H and O–H groups in total. The number of ether oxygens (including phenoxy) is 2. The fraction of sp³-hybridized carbons (Fsp3) is 0.263. The van der Waals surface area contributed by atoms with Crippen LogP contribution in [0.25, 0.3) is 0 Å². The highest BCUT2D eigenvalue weighted by atomic mass is 16.5. The number of hydrogen-bond acceptors (Lipinski definition) is 4. The van der Waals surface area contributed by atoms with Crippen molar-refractivity contribution in [2.45, 2.75) is 18.8 Å². The summed E-state index contributed by atoms with van der Waals surface area (Å²) in [5.74, 6) is 0.347. The van der Waals surface area contributed by atoms with E-state index in [2.05, 4.69) is 0 Å². The third kappa shape index (κ3) is 3.42. The fourth-order valence-electron chi connectivity index (χ4n) is 2.93. The van der Waals surface area contributed by atoms with Crippen molar-refractivity contribution >= 4 is 11.8 Å². The van der Waals surface area contributed by atoms with Crippen LogP contribution in [-0.4, -0.2) is 25.5 Å². The van der Waals surface area contributed by atoms with Crippen molar-refractivity contribution in [3.63, 3.8) is 0 Å². The molecule has 1 aliphatic heterocycles. The number of carbonyl (C=O) groups excluding carboxylic acids is 2. The molecule has 4 nitrogen and oxygen atoms in total. The minimum absolute atomic E-state index is 0.00740. The Hall–Kier alpha value is -2.62. The van der Waals surface area contributed by atoms with Gasteiger partial charge >= 0.3 is 5.97 Å². The maximum absolute atomic E-state index is 12.0. The van der Waals surface area contributed by atoms with Crippen LogP contribution in [0.15, 0.2) is 48.5 Å². The van der Waals surface area contributed by atoms with Gasteiger partial charge in [-0.3, -0.25) is 4.79 Å². The average molecular weight is 310 g/mol. The first kappa shape index (κ1) is 15.3. The normalized spacial score (nSPS) is 16.9. The molecule has 1 atom stereocenters. The number of Topliss-reactive ketones (excluding diaryl/α,β-unsaturated/α-hetero) is 1. The first-order valence-corrected chi connectivity index (χ1v) is 7.58. The van der Waals surface area contributed by atoms with Gasteiger partial charge in [-0.1, -0.05) is 30.3 Å². The van der Waals surface area contributed by atoms with E-state index in [1.165, 1.54) is 7.11 Å². The quantitative estimate of drug-likeness (QED) is 0.817. The van der Waals surface area contributed by atoms with Crippen LogP contribution in [0.3, 0.4) is 0 Å². The van der Waals surface area contributed by atoms with Gasteiger partial charge in [-0.25, -0.2) is 4.79 Å². The lowest BCUT2D eigenvalue weighted by Crippen LogP contribution is -2.11. The lowest BCUT2D eigenvalue weighted by molar-refractivity contribution is -0.121. The van der Waals surface area contributed by atoms with Crippen LogP contribution >= 0.6 is 0 Å². The number of esters is 1. The molecule has 118 valence electrons. The molecule has 0 aromatic heterocycles. The summed E-state index contributed by atoms with van der Waals surface area (Å²) in [5, 5.41) is 0. The van der Waals surface area contributed by atoms with Gasteiger partial charge in [-0.2, -0.15) is 0 Å². The summed E-state index contributed by atoms with van der Waals surface area (Å²) in [6, 6.07) is 15.2. The molecular weight excluding hydrogens is 292 g/mol. The summed E-state index contributed by atoms with van der Waals surface area (Å²) in [4.78, 5) is 23.8. The van der Waals surface area contributed by atoms with E-state index in [1.807, 2.05) is 30.3 Å². The van der Waals surface area contributed by atoms with Crippen molar-refractivity contribution in [1.29, 1.82) is 0 Å². The Morgan fingerprint density at radius 3 is 2.74 bits per heavy atom. The highest BCUT2D eigenvalue weighted by Crippen LogP contribution is 2.35. The van der Waals surface area contributed by atoms with Crippen LogP contribution in [0.2, 0.25) is 0 Å². The highest BCUT2D eigenvalue weighted by molar-refractivity contribution is 5.90. The van der Waals surface area contributed by atoms with Gasteiger partial charge in [-0.15, -0.1) is 0 Å². The Bertz CT molecular complexity index is 721. The average Bonchev–Trinajstić information content (AvgIpc) is 2.74. The van der Waals surface area contributed by atoms with E-state index in [-0.39, 0.29) is 24.3 Å². The van der Waals surface area contributed by atoms with Crippen LogP contribution in [0.5, 0.6) is 5.75 Å². The minimum Gasteiger partial charge on any atom is -0.486 e. The zero-order valence-corrected chi connectivity index (χ0v) is 13.0. The van der Waals surface area contributed by atoms with Gasteiger partial charge in [0.1, 0.15) is 12.4 Å². The Balaban J connectivity index is 1.98. The fourth-order valence-corrected chi connectivity index (χ4v) is 2.93. The number of methoxy groups -OCH3 is 1. The molecule has 1 aliphatic rings. The van der Waals surface area contributed by atoms with E-state index in [0.29, 0.717) is 17.7 Å². The van der Waals surface area contributed by atoms with E-state index in [0.717, 1.165) is 17.5 Å². The van der Waals surface area contributed by atoms with Gasteiger partial charge in [-0.05, 0) is 41.7 Å². The molecule has 0 spiro atoms. The maximum atomic E-state index is 12.0. The molecule has 3 rings (SSSR count). The number of rotatable bonds is 3. The molecule has 0 fully saturated rings. The predicted octanol–water partition coefficient (Wildman–Crippen LogP) is 3.15. The van der Waals surface area contributed by atoms with Gasteiger partial charge < -0.3 is 9.47 Å². The second kappa shape index (κ2) is 6.65. The summed E-state index contributed by atoms with van der Waals surface area (Å²) >= 11 is 0. The van der Waals surface area contributed by atoms with Gasteiger partial charge in [0, 0.05) is 6.42 Å². The molecule has 2 aromatic rings. The van der Waals surface area contributed by atoms with E-state index in [1.54, 1.807) is 18.2 Å². The number of fused-ring (bicyclic) bond motifs is 1. The standard InChI is InChI=1S/C19H18O4/c1-22-19(21)14-7-8-18-17(11-14)15(10-16(20)12-23-18)9-13-5-3-2-4-6-13/h2-8,11,15H,9-10,12H2,1H3. The summed E-state index contributed by atoms with van der Waals surface area (Å²) in [7, 11) is 1.36. The molecule has 23 heavy (non-hydrogen) atoms. The summed E-state index contributed by atoms with van der Waals surface area (Å²) < 4.78 is 10.4. The Kier molecular flexibility index (Phi) is 4.42. The second-order valence-electron chi connectivity index (χ2n) is 5.66. The van der Waals surface area contributed by atoms with Crippen LogP contribution in [-0.2, 0) is 16.0 Å². The van der Waals surface area contributed by atoms with Gasteiger partial charge in [0.2, 0.25) is 0 Å². The van der Waals surface area contributed by atoms with Crippen molar-refractivity contribution in [2.24, 2.45) is 0 Å². The molecular formula is C19H18O4. The lowest BCUT2D eigenvalue weighted by atomic mass is 9.87. The molecule has 0 bridgehead atoms. The second-order valence-corrected chi connectivity index (χ2v) is 5.66. The third-order valence-corrected chi connectivity index (χ3v) is 4.06. The zero-order valence-electron chi connectivity index (χ0n) is 13.0. The number of carbonyl (C=O) groups is 2. The molecule has 2 aromatic carbocycles. The first-order chi connectivity index (χ1) is 11.2. The number of benzene rings is 2. The number of ketones is 1. The van der Waals surface area contributed by atoms with Crippen LogP contribution in [0.4, 0.5) is 0 Å². The highest BCUT2D eigenvalue weighted by Gasteiger charge is 2.25. The van der Waals surface area contributed by atoms with Crippen molar-refractivity contribution < 1.29 is 19.1 Å². The van der Waals surface area contributed by atoms with Crippen molar-refractivity contribution in [2.75, 3.05) is 13.7 Å². The summed E-state index contributed by atoms with van der Waals surface area (Å²) in [6.07, 6.45) is 1.14. The SMILES string of the molecule is COC(=O)c1ccc2c(c1)C(Cc1ccccc1)CC(=O)CO2. The zero-order chi connectivity index (χ0) is 16.2. The van der Waals surface area contributed by atoms with Crippen LogP contribution < -0.4 is 4.74 Å². The molecule has 0 saturated carbocycles. The molecule has 4 heteroatoms. The lowest BCUT2D eigenvalue weighted by Gasteiger charge is -2.17. The van der Waals surface area contributed by atoms with Crippen molar-refractivity contribution in [1.82, 2.24) is 0 Å². The molecule has 1 heterocycles. The molecule has 0 radical (unpaired) electrons. The third-order valence-electron chi connectivity index (χ3n) is 4.06. The molecule has 0 saturated heterocycles. The predicted molar refractivity (Wildman–Crippen MR) is 85.8 cm³/mol. The summed E-state index contributed by atoms with van der Waals surface area (Å²) in [6.45, 7) is 0.0792. The molecule has 1 unspecified atom stereocenters. The molecule has 0 aliphatic carbocycles. The number of hydrogen-bond donors (Lipinski definition) is 0. The van der Waals surface area contributed by atoms with Gasteiger partial charge in [0.15, 0.2) is 5.78 Å². The van der Waals surface area contributed by atoms with Crippen molar-refractivity contribution in [3.8, 4) is 5.75 Å². The van der Waals surface area contributed by atoms with Crippen LogP contribution in [0.1, 0.15) is 33.8 Å². The maximum Gasteiger partial charge on any atom is 0.337 e. The monoisotopic (exact) mass is 310 g/mol. The Morgan fingerprint density at radius 2 is 2.00 bits per heavy atom. The van der Waals surface area contributed by atoms with E-state index in [4.69, 9.17) is 9.47 Å². The van der Waals surface area contributed by atoms with E-state index in [9.17, 15) is 9.59 Å². The van der Waals surface area contributed by atoms with E-state index >= 15 is 0 Å². The first-order valence-electron chi connectivity index (χ1n) is 7.58. The summed E-state index contributed by atoms with van der Waals surface area (Å²) in [5.41, 5.74) is 2.52. The Labute approximate surface area is 135 Å². The van der Waals surface area contributed by atoms with Crippen LogP contribution in [0, 0.1) is 0 Å². The van der Waals surface area contributed by atoms with E-state index < -0.39 is 0 Å².